The molecule has 0 aliphatic carbocycles. The number of ether oxygens (including phenoxy) is 1. The standard InChI is InChI=1S/C11H20N2OS/c1-4-5-10-11(15-9(2)13-10)8-12-6-7-14-3/h12H,4-8H2,1-3H3. The highest BCUT2D eigenvalue weighted by Gasteiger charge is 2.07. The lowest BCUT2D eigenvalue weighted by atomic mass is 10.2. The molecule has 0 saturated carbocycles. The molecule has 0 aliphatic heterocycles. The molecule has 1 rings (SSSR count). The summed E-state index contributed by atoms with van der Waals surface area (Å²) in [5.41, 5.74) is 1.27. The predicted octanol–water partition coefficient (Wildman–Crippen LogP) is 2.14. The summed E-state index contributed by atoms with van der Waals surface area (Å²) >= 11 is 1.80. The van der Waals surface area contributed by atoms with Crippen LogP contribution < -0.4 is 5.32 Å². The summed E-state index contributed by atoms with van der Waals surface area (Å²) < 4.78 is 4.99. The van der Waals surface area contributed by atoms with Gasteiger partial charge in [-0.15, -0.1) is 11.3 Å². The number of methoxy groups -OCH3 is 1. The molecule has 1 aromatic rings. The number of aryl methyl sites for hydroxylation is 2. The third-order valence-corrected chi connectivity index (χ3v) is 3.15. The summed E-state index contributed by atoms with van der Waals surface area (Å²) in [6.07, 6.45) is 2.25. The number of nitrogens with zero attached hydrogens (tertiary/aromatic N) is 1. The van der Waals surface area contributed by atoms with E-state index in [0.717, 1.165) is 32.5 Å². The van der Waals surface area contributed by atoms with Crippen LogP contribution in [0.4, 0.5) is 0 Å². The molecule has 0 unspecified atom stereocenters. The molecule has 0 spiro atoms. The second-order valence-electron chi connectivity index (χ2n) is 3.52. The van der Waals surface area contributed by atoms with Crippen LogP contribution in [0.2, 0.25) is 0 Å². The molecule has 1 N–H and O–H groups in total. The lowest BCUT2D eigenvalue weighted by molar-refractivity contribution is 0.199. The van der Waals surface area contributed by atoms with Crippen LogP contribution in [0.5, 0.6) is 0 Å². The Balaban J connectivity index is 2.44. The van der Waals surface area contributed by atoms with Crippen LogP contribution in [0.15, 0.2) is 0 Å². The van der Waals surface area contributed by atoms with Crippen molar-refractivity contribution in [1.82, 2.24) is 10.3 Å². The molecular weight excluding hydrogens is 208 g/mol. The minimum absolute atomic E-state index is 0.765. The van der Waals surface area contributed by atoms with Gasteiger partial charge in [0.15, 0.2) is 0 Å². The smallest absolute Gasteiger partial charge is 0.0900 e. The number of hydrogen-bond donors (Lipinski definition) is 1. The largest absolute Gasteiger partial charge is 0.383 e. The van der Waals surface area contributed by atoms with E-state index in [1.807, 2.05) is 0 Å². The molecule has 3 nitrogen and oxygen atoms in total. The van der Waals surface area contributed by atoms with Crippen molar-refractivity contribution >= 4 is 11.3 Å². The summed E-state index contributed by atoms with van der Waals surface area (Å²) in [6, 6.07) is 0. The molecule has 86 valence electrons. The summed E-state index contributed by atoms with van der Waals surface area (Å²) in [6.45, 7) is 6.85. The Bertz CT molecular complexity index is 286. The van der Waals surface area contributed by atoms with Crippen molar-refractivity contribution in [2.45, 2.75) is 33.2 Å². The van der Waals surface area contributed by atoms with E-state index in [2.05, 4.69) is 24.1 Å². The van der Waals surface area contributed by atoms with Crippen LogP contribution in [0.1, 0.15) is 28.9 Å². The average molecular weight is 228 g/mol. The fraction of sp³-hybridized carbons (Fsp3) is 0.727. The summed E-state index contributed by atoms with van der Waals surface area (Å²) in [5.74, 6) is 0. The highest BCUT2D eigenvalue weighted by atomic mass is 32.1. The fourth-order valence-electron chi connectivity index (χ4n) is 1.46. The Labute approximate surface area is 95.9 Å². The molecular formula is C11H20N2OS. The van der Waals surface area contributed by atoms with Gasteiger partial charge in [0.05, 0.1) is 17.3 Å². The van der Waals surface area contributed by atoms with Gasteiger partial charge in [-0.3, -0.25) is 0 Å². The maximum Gasteiger partial charge on any atom is 0.0900 e. The quantitative estimate of drug-likeness (QED) is 0.726. The molecule has 0 fully saturated rings. The van der Waals surface area contributed by atoms with E-state index in [0.29, 0.717) is 0 Å². The topological polar surface area (TPSA) is 34.2 Å². The molecule has 0 radical (unpaired) electrons. The van der Waals surface area contributed by atoms with E-state index in [1.165, 1.54) is 15.6 Å². The van der Waals surface area contributed by atoms with Gasteiger partial charge in [0, 0.05) is 25.1 Å². The monoisotopic (exact) mass is 228 g/mol. The molecule has 0 amide bonds. The zero-order chi connectivity index (χ0) is 11.1. The third-order valence-electron chi connectivity index (χ3n) is 2.14. The van der Waals surface area contributed by atoms with Crippen LogP contribution in [0.3, 0.4) is 0 Å². The summed E-state index contributed by atoms with van der Waals surface area (Å²) in [7, 11) is 1.72. The van der Waals surface area contributed by atoms with Crippen LogP contribution in [-0.2, 0) is 17.7 Å². The molecule has 1 heterocycles. The normalized spacial score (nSPS) is 10.9. The highest BCUT2D eigenvalue weighted by molar-refractivity contribution is 7.11. The minimum atomic E-state index is 0.765. The second kappa shape index (κ2) is 6.93. The van der Waals surface area contributed by atoms with Crippen molar-refractivity contribution in [3.05, 3.63) is 15.6 Å². The number of thiazole rings is 1. The van der Waals surface area contributed by atoms with E-state index in [4.69, 9.17) is 4.74 Å². The van der Waals surface area contributed by atoms with Crippen molar-refractivity contribution in [3.8, 4) is 0 Å². The molecule has 0 saturated heterocycles. The van der Waals surface area contributed by atoms with Crippen LogP contribution in [0, 0.1) is 6.92 Å². The first kappa shape index (κ1) is 12.6. The molecule has 0 aromatic carbocycles. The predicted molar refractivity (Wildman–Crippen MR) is 64.4 cm³/mol. The SMILES string of the molecule is CCCc1nc(C)sc1CNCCOC. The number of rotatable bonds is 7. The second-order valence-corrected chi connectivity index (χ2v) is 4.81. The molecule has 15 heavy (non-hydrogen) atoms. The van der Waals surface area contributed by atoms with Crippen molar-refractivity contribution in [1.29, 1.82) is 0 Å². The van der Waals surface area contributed by atoms with Crippen molar-refractivity contribution in [3.63, 3.8) is 0 Å². The van der Waals surface area contributed by atoms with Gasteiger partial charge in [0.1, 0.15) is 0 Å². The van der Waals surface area contributed by atoms with Gasteiger partial charge in [0.25, 0.3) is 0 Å². The van der Waals surface area contributed by atoms with Gasteiger partial charge in [-0.25, -0.2) is 4.98 Å². The Morgan fingerprint density at radius 1 is 1.47 bits per heavy atom. The van der Waals surface area contributed by atoms with Crippen molar-refractivity contribution in [2.24, 2.45) is 0 Å². The Hall–Kier alpha value is -0.450. The van der Waals surface area contributed by atoms with Gasteiger partial charge in [-0.05, 0) is 13.3 Å². The van der Waals surface area contributed by atoms with Crippen LogP contribution in [0.25, 0.3) is 0 Å². The Morgan fingerprint density at radius 3 is 2.93 bits per heavy atom. The van der Waals surface area contributed by atoms with Gasteiger partial charge in [-0.1, -0.05) is 13.3 Å². The lowest BCUT2D eigenvalue weighted by Gasteiger charge is -2.03. The zero-order valence-corrected chi connectivity index (χ0v) is 10.6. The third kappa shape index (κ3) is 4.28. The maximum absolute atomic E-state index is 4.99. The van der Waals surface area contributed by atoms with E-state index in [-0.39, 0.29) is 0 Å². The van der Waals surface area contributed by atoms with E-state index < -0.39 is 0 Å². The van der Waals surface area contributed by atoms with Crippen molar-refractivity contribution < 1.29 is 4.74 Å². The highest BCUT2D eigenvalue weighted by Crippen LogP contribution is 2.18. The van der Waals surface area contributed by atoms with E-state index in [1.54, 1.807) is 18.4 Å². The van der Waals surface area contributed by atoms with Crippen molar-refractivity contribution in [2.75, 3.05) is 20.3 Å². The Kier molecular flexibility index (Phi) is 5.83. The van der Waals surface area contributed by atoms with Gasteiger partial charge < -0.3 is 10.1 Å². The summed E-state index contributed by atoms with van der Waals surface area (Å²) in [5, 5.41) is 4.53. The Morgan fingerprint density at radius 2 is 2.27 bits per heavy atom. The molecule has 0 bridgehead atoms. The average Bonchev–Trinajstić information content (AvgIpc) is 2.55. The first-order valence-corrected chi connectivity index (χ1v) is 6.24. The van der Waals surface area contributed by atoms with E-state index in [9.17, 15) is 0 Å². The van der Waals surface area contributed by atoms with Crippen LogP contribution in [-0.4, -0.2) is 25.2 Å². The maximum atomic E-state index is 4.99. The number of hydrogen-bond acceptors (Lipinski definition) is 4. The first-order chi connectivity index (χ1) is 7.27. The molecule has 4 heteroatoms. The minimum Gasteiger partial charge on any atom is -0.383 e. The van der Waals surface area contributed by atoms with E-state index >= 15 is 0 Å². The zero-order valence-electron chi connectivity index (χ0n) is 9.80. The molecule has 0 atom stereocenters. The van der Waals surface area contributed by atoms with Crippen LogP contribution >= 0.6 is 11.3 Å². The van der Waals surface area contributed by atoms with Gasteiger partial charge in [0.2, 0.25) is 0 Å². The number of nitrogens with one attached hydrogen (secondary N) is 1. The van der Waals surface area contributed by atoms with Gasteiger partial charge >= 0.3 is 0 Å². The number of aromatic nitrogens is 1. The molecule has 1 aromatic heterocycles. The molecule has 0 aliphatic rings. The first-order valence-electron chi connectivity index (χ1n) is 5.42. The van der Waals surface area contributed by atoms with Gasteiger partial charge in [-0.2, -0.15) is 0 Å². The lowest BCUT2D eigenvalue weighted by Crippen LogP contribution is -2.18. The summed E-state index contributed by atoms with van der Waals surface area (Å²) in [4.78, 5) is 5.93. The fourth-order valence-corrected chi connectivity index (χ4v) is 2.41.